The summed E-state index contributed by atoms with van der Waals surface area (Å²) in [5.41, 5.74) is 4.73. The van der Waals surface area contributed by atoms with Crippen LogP contribution in [0.1, 0.15) is 18.2 Å². The van der Waals surface area contributed by atoms with E-state index in [0.717, 1.165) is 21.8 Å². The third-order valence-electron chi connectivity index (χ3n) is 5.20. The van der Waals surface area contributed by atoms with Crippen molar-refractivity contribution >= 4 is 39.7 Å². The molecule has 2 aromatic carbocycles. The standard InChI is InChI=1S/C22H16ClN5O3S/c1-12(29)24-22-25-17-10-9-15-19(13-5-4-6-14(11-13)28(30)31)26-27(20(15)21(17)32-22)18-8-3-2-7-16(18)23/h2-8,11H,9-10H2,1H3,(H,24,25,29). The van der Waals surface area contributed by atoms with Crippen LogP contribution in [0.2, 0.25) is 5.02 Å². The average molecular weight is 466 g/mol. The predicted molar refractivity (Wildman–Crippen MR) is 123 cm³/mol. The van der Waals surface area contributed by atoms with Crippen molar-refractivity contribution in [2.45, 2.75) is 19.8 Å². The van der Waals surface area contributed by atoms with Crippen molar-refractivity contribution in [2.75, 3.05) is 5.32 Å². The van der Waals surface area contributed by atoms with Crippen molar-refractivity contribution in [1.82, 2.24) is 14.8 Å². The first kappa shape index (κ1) is 20.3. The molecule has 4 aromatic rings. The molecule has 0 aliphatic heterocycles. The van der Waals surface area contributed by atoms with E-state index in [2.05, 4.69) is 10.3 Å². The molecule has 0 unspecified atom stereocenters. The van der Waals surface area contributed by atoms with E-state index in [4.69, 9.17) is 16.7 Å². The first-order valence-electron chi connectivity index (χ1n) is 9.81. The van der Waals surface area contributed by atoms with Crippen LogP contribution in [0.5, 0.6) is 0 Å². The number of carbonyl (C=O) groups is 1. The van der Waals surface area contributed by atoms with E-state index in [1.54, 1.807) is 16.8 Å². The highest BCUT2D eigenvalue weighted by atomic mass is 35.5. The molecule has 0 saturated heterocycles. The number of thiazole rings is 1. The Morgan fingerprint density at radius 3 is 2.78 bits per heavy atom. The van der Waals surface area contributed by atoms with E-state index < -0.39 is 4.92 Å². The zero-order chi connectivity index (χ0) is 22.4. The minimum Gasteiger partial charge on any atom is -0.302 e. The van der Waals surface area contributed by atoms with Crippen molar-refractivity contribution in [3.8, 4) is 27.5 Å². The summed E-state index contributed by atoms with van der Waals surface area (Å²) in [7, 11) is 0. The largest absolute Gasteiger partial charge is 0.302 e. The molecule has 0 atom stereocenters. The maximum absolute atomic E-state index is 11.5. The molecule has 1 aliphatic rings. The minimum atomic E-state index is -0.415. The van der Waals surface area contributed by atoms with Gasteiger partial charge in [0.1, 0.15) is 0 Å². The number of carbonyl (C=O) groups excluding carboxylic acids is 1. The highest BCUT2D eigenvalue weighted by molar-refractivity contribution is 7.19. The third-order valence-corrected chi connectivity index (χ3v) is 6.54. The van der Waals surface area contributed by atoms with Crippen LogP contribution in [0.3, 0.4) is 0 Å². The Balaban J connectivity index is 1.76. The number of non-ortho nitro benzene ring substituents is 1. The van der Waals surface area contributed by atoms with E-state index in [9.17, 15) is 14.9 Å². The van der Waals surface area contributed by atoms with Gasteiger partial charge in [0.25, 0.3) is 5.69 Å². The average Bonchev–Trinajstić information content (AvgIpc) is 3.34. The van der Waals surface area contributed by atoms with Crippen LogP contribution in [-0.2, 0) is 17.6 Å². The smallest absolute Gasteiger partial charge is 0.270 e. The van der Waals surface area contributed by atoms with Crippen molar-refractivity contribution < 1.29 is 9.72 Å². The number of halogens is 1. The van der Waals surface area contributed by atoms with E-state index in [0.29, 0.717) is 39.9 Å². The Hall–Kier alpha value is -3.56. The predicted octanol–water partition coefficient (Wildman–Crippen LogP) is 5.28. The lowest BCUT2D eigenvalue weighted by Gasteiger charge is -2.14. The highest BCUT2D eigenvalue weighted by Gasteiger charge is 2.30. The van der Waals surface area contributed by atoms with E-state index in [1.165, 1.54) is 30.4 Å². The molecule has 8 nitrogen and oxygen atoms in total. The Bertz CT molecular complexity index is 1390. The summed E-state index contributed by atoms with van der Waals surface area (Å²) < 4.78 is 1.78. The van der Waals surface area contributed by atoms with E-state index >= 15 is 0 Å². The number of nitro groups is 1. The Morgan fingerprint density at radius 1 is 1.22 bits per heavy atom. The number of hydrogen-bond donors (Lipinski definition) is 1. The fourth-order valence-corrected chi connectivity index (χ4v) is 5.20. The second-order valence-corrected chi connectivity index (χ2v) is 8.73. The molecule has 32 heavy (non-hydrogen) atoms. The van der Waals surface area contributed by atoms with Gasteiger partial charge in [-0.1, -0.05) is 47.2 Å². The normalized spacial score (nSPS) is 12.2. The molecule has 1 N–H and O–H groups in total. The molecule has 160 valence electrons. The maximum Gasteiger partial charge on any atom is 0.270 e. The molecule has 1 aliphatic carbocycles. The van der Waals surface area contributed by atoms with Gasteiger partial charge in [-0.25, -0.2) is 9.67 Å². The van der Waals surface area contributed by atoms with Gasteiger partial charge < -0.3 is 5.32 Å². The molecule has 0 saturated carbocycles. The van der Waals surface area contributed by atoms with Crippen LogP contribution >= 0.6 is 22.9 Å². The first-order valence-corrected chi connectivity index (χ1v) is 11.0. The number of aryl methyl sites for hydroxylation is 1. The van der Waals surface area contributed by atoms with Gasteiger partial charge in [0, 0.05) is 30.2 Å². The summed E-state index contributed by atoms with van der Waals surface area (Å²) in [6, 6.07) is 13.8. The summed E-state index contributed by atoms with van der Waals surface area (Å²) in [6.45, 7) is 1.44. The molecular weight excluding hydrogens is 450 g/mol. The van der Waals surface area contributed by atoms with Gasteiger partial charge in [0.15, 0.2) is 5.13 Å². The van der Waals surface area contributed by atoms with Gasteiger partial charge >= 0.3 is 0 Å². The van der Waals surface area contributed by atoms with Gasteiger partial charge in [-0.05, 0) is 25.0 Å². The fraction of sp³-hybridized carbons (Fsp3) is 0.136. The maximum atomic E-state index is 11.5. The number of anilines is 1. The number of benzene rings is 2. The monoisotopic (exact) mass is 465 g/mol. The number of para-hydroxylation sites is 1. The topological polar surface area (TPSA) is 103 Å². The lowest BCUT2D eigenvalue weighted by Crippen LogP contribution is -2.07. The van der Waals surface area contributed by atoms with E-state index in [-0.39, 0.29) is 11.6 Å². The zero-order valence-electron chi connectivity index (χ0n) is 16.8. The first-order chi connectivity index (χ1) is 15.4. The Labute approximate surface area is 191 Å². The summed E-state index contributed by atoms with van der Waals surface area (Å²) >= 11 is 7.89. The van der Waals surface area contributed by atoms with Gasteiger partial charge in [-0.15, -0.1) is 0 Å². The van der Waals surface area contributed by atoms with Gasteiger partial charge in [0.05, 0.1) is 37.6 Å². The number of hydrogen-bond acceptors (Lipinski definition) is 6. The summed E-state index contributed by atoms with van der Waals surface area (Å²) in [4.78, 5) is 27.9. The molecule has 0 bridgehead atoms. The summed E-state index contributed by atoms with van der Waals surface area (Å²) in [5, 5.41) is 20.0. The van der Waals surface area contributed by atoms with E-state index in [1.807, 2.05) is 24.3 Å². The summed E-state index contributed by atoms with van der Waals surface area (Å²) in [5.74, 6) is -0.187. The summed E-state index contributed by atoms with van der Waals surface area (Å²) in [6.07, 6.45) is 1.34. The number of rotatable bonds is 4. The second-order valence-electron chi connectivity index (χ2n) is 7.32. The van der Waals surface area contributed by atoms with Gasteiger partial charge in [-0.3, -0.25) is 14.9 Å². The number of nitrogens with zero attached hydrogens (tertiary/aromatic N) is 4. The number of amides is 1. The Kier molecular flexibility index (Phi) is 4.99. The van der Waals surface area contributed by atoms with Crippen molar-refractivity contribution in [2.24, 2.45) is 0 Å². The van der Waals surface area contributed by atoms with Crippen LogP contribution in [0, 0.1) is 10.1 Å². The molecule has 5 rings (SSSR count). The lowest BCUT2D eigenvalue weighted by atomic mass is 9.95. The highest BCUT2D eigenvalue weighted by Crippen LogP contribution is 2.45. The molecule has 1 amide bonds. The van der Waals surface area contributed by atoms with Crippen molar-refractivity contribution in [3.05, 3.63) is 74.9 Å². The number of aromatic nitrogens is 3. The van der Waals surface area contributed by atoms with Crippen LogP contribution < -0.4 is 5.32 Å². The molecule has 0 fully saturated rings. The molecule has 10 heteroatoms. The number of nitro benzene ring substituents is 1. The van der Waals surface area contributed by atoms with Crippen LogP contribution in [0.15, 0.2) is 48.5 Å². The zero-order valence-corrected chi connectivity index (χ0v) is 18.4. The molecule has 2 aromatic heterocycles. The molecule has 0 spiro atoms. The Morgan fingerprint density at radius 2 is 2.03 bits per heavy atom. The second kappa shape index (κ2) is 7.85. The number of fused-ring (bicyclic) bond motifs is 3. The SMILES string of the molecule is CC(=O)Nc1nc2c(s1)-c1c(c(-c3cccc([N+](=O)[O-])c3)nn1-c1ccccc1Cl)CC2. The van der Waals surface area contributed by atoms with Gasteiger partial charge in [0.2, 0.25) is 5.91 Å². The third kappa shape index (κ3) is 3.45. The molecule has 0 radical (unpaired) electrons. The van der Waals surface area contributed by atoms with Crippen molar-refractivity contribution in [1.29, 1.82) is 0 Å². The molecular formula is C22H16ClN5O3S. The minimum absolute atomic E-state index is 0.00535. The van der Waals surface area contributed by atoms with Gasteiger partial charge in [-0.2, -0.15) is 5.10 Å². The molecule has 2 heterocycles. The van der Waals surface area contributed by atoms with Crippen LogP contribution in [-0.4, -0.2) is 25.6 Å². The lowest BCUT2D eigenvalue weighted by molar-refractivity contribution is -0.384. The van der Waals surface area contributed by atoms with Crippen LogP contribution in [0.25, 0.3) is 27.5 Å². The fourth-order valence-electron chi connectivity index (χ4n) is 3.87. The quantitative estimate of drug-likeness (QED) is 0.326. The van der Waals surface area contributed by atoms with Crippen molar-refractivity contribution in [3.63, 3.8) is 0 Å². The number of nitrogens with one attached hydrogen (secondary N) is 1. The van der Waals surface area contributed by atoms with Crippen LogP contribution in [0.4, 0.5) is 10.8 Å².